The fourth-order valence-corrected chi connectivity index (χ4v) is 4.53. The molecule has 0 bridgehead atoms. The third-order valence-corrected chi connectivity index (χ3v) is 6.12. The van der Waals surface area contributed by atoms with Gasteiger partial charge in [-0.2, -0.15) is 0 Å². The Morgan fingerprint density at radius 3 is 2.20 bits per heavy atom. The molecule has 1 heteroatoms. The molecule has 0 heterocycles. The molecule has 1 nitrogen and oxygen atoms in total. The van der Waals surface area contributed by atoms with Gasteiger partial charge in [-0.15, -0.1) is 0 Å². The first-order valence-corrected chi connectivity index (χ1v) is 9.29. The molecular weight excluding hydrogens is 242 g/mol. The van der Waals surface area contributed by atoms with Crippen molar-refractivity contribution in [2.75, 3.05) is 6.54 Å². The van der Waals surface area contributed by atoms with Crippen molar-refractivity contribution >= 4 is 0 Å². The molecule has 2 fully saturated rings. The van der Waals surface area contributed by atoms with Crippen LogP contribution in [0.4, 0.5) is 0 Å². The Balaban J connectivity index is 1.71. The van der Waals surface area contributed by atoms with E-state index in [1.807, 2.05) is 0 Å². The van der Waals surface area contributed by atoms with E-state index in [0.717, 1.165) is 35.6 Å². The van der Waals surface area contributed by atoms with Crippen LogP contribution in [0.5, 0.6) is 0 Å². The standard InChI is InChI=1S/C19H37N/c1-14(2)18-10-7-16(4)13-19(18)20-12-11-17-8-5-15(3)6-9-17/h14-20H,5-13H2,1-4H3. The van der Waals surface area contributed by atoms with Crippen LogP contribution in [0.25, 0.3) is 0 Å². The Kier molecular flexibility index (Phi) is 6.39. The monoisotopic (exact) mass is 279 g/mol. The highest BCUT2D eigenvalue weighted by Crippen LogP contribution is 2.34. The van der Waals surface area contributed by atoms with Crippen LogP contribution >= 0.6 is 0 Å². The van der Waals surface area contributed by atoms with Crippen LogP contribution in [0.1, 0.15) is 79.1 Å². The van der Waals surface area contributed by atoms with Crippen LogP contribution in [0.15, 0.2) is 0 Å². The second kappa shape index (κ2) is 7.82. The lowest BCUT2D eigenvalue weighted by atomic mass is 9.74. The third-order valence-electron chi connectivity index (χ3n) is 6.12. The molecule has 0 aromatic carbocycles. The third kappa shape index (κ3) is 4.76. The molecule has 3 unspecified atom stereocenters. The minimum atomic E-state index is 0.793. The smallest absolute Gasteiger partial charge is 0.0100 e. The zero-order chi connectivity index (χ0) is 14.5. The first kappa shape index (κ1) is 16.3. The molecule has 0 saturated heterocycles. The van der Waals surface area contributed by atoms with Crippen LogP contribution in [0.2, 0.25) is 0 Å². The van der Waals surface area contributed by atoms with Gasteiger partial charge in [0, 0.05) is 6.04 Å². The topological polar surface area (TPSA) is 12.0 Å². The second-order valence-corrected chi connectivity index (χ2v) is 8.30. The van der Waals surface area contributed by atoms with Gasteiger partial charge in [0.1, 0.15) is 0 Å². The summed E-state index contributed by atoms with van der Waals surface area (Å²) in [5, 5.41) is 3.94. The minimum Gasteiger partial charge on any atom is -0.314 e. The van der Waals surface area contributed by atoms with Crippen LogP contribution in [-0.2, 0) is 0 Å². The maximum Gasteiger partial charge on any atom is 0.0100 e. The molecule has 20 heavy (non-hydrogen) atoms. The quantitative estimate of drug-likeness (QED) is 0.724. The zero-order valence-electron chi connectivity index (χ0n) is 14.3. The van der Waals surface area contributed by atoms with E-state index in [2.05, 4.69) is 33.0 Å². The van der Waals surface area contributed by atoms with Crippen molar-refractivity contribution in [3.63, 3.8) is 0 Å². The first-order valence-electron chi connectivity index (χ1n) is 9.29. The van der Waals surface area contributed by atoms with E-state index in [0.29, 0.717) is 0 Å². The molecule has 2 aliphatic carbocycles. The van der Waals surface area contributed by atoms with Gasteiger partial charge in [0.2, 0.25) is 0 Å². The van der Waals surface area contributed by atoms with Crippen molar-refractivity contribution < 1.29 is 0 Å². The summed E-state index contributed by atoms with van der Waals surface area (Å²) in [6.07, 6.45) is 11.6. The van der Waals surface area contributed by atoms with Gasteiger partial charge in [0.15, 0.2) is 0 Å². The van der Waals surface area contributed by atoms with Crippen LogP contribution in [0, 0.1) is 29.6 Å². The molecule has 1 N–H and O–H groups in total. The number of rotatable bonds is 5. The summed E-state index contributed by atoms with van der Waals surface area (Å²) < 4.78 is 0. The molecule has 0 radical (unpaired) electrons. The van der Waals surface area contributed by atoms with Crippen molar-refractivity contribution in [1.29, 1.82) is 0 Å². The number of nitrogens with one attached hydrogen (secondary N) is 1. The summed E-state index contributed by atoms with van der Waals surface area (Å²) in [5.74, 6) is 4.69. The molecular formula is C19H37N. The van der Waals surface area contributed by atoms with E-state index >= 15 is 0 Å². The van der Waals surface area contributed by atoms with Gasteiger partial charge < -0.3 is 5.32 Å². The Bertz CT molecular complexity index is 265. The highest BCUT2D eigenvalue weighted by Gasteiger charge is 2.30. The van der Waals surface area contributed by atoms with E-state index in [4.69, 9.17) is 0 Å². The molecule has 0 aromatic heterocycles. The van der Waals surface area contributed by atoms with Gasteiger partial charge in [-0.1, -0.05) is 59.8 Å². The lowest BCUT2D eigenvalue weighted by Gasteiger charge is -2.38. The molecule has 2 aliphatic rings. The van der Waals surface area contributed by atoms with Gasteiger partial charge in [-0.25, -0.2) is 0 Å². The van der Waals surface area contributed by atoms with Gasteiger partial charge in [0.25, 0.3) is 0 Å². The van der Waals surface area contributed by atoms with E-state index < -0.39 is 0 Å². The number of hydrogen-bond acceptors (Lipinski definition) is 1. The molecule has 118 valence electrons. The highest BCUT2D eigenvalue weighted by atomic mass is 14.9. The average molecular weight is 280 g/mol. The van der Waals surface area contributed by atoms with E-state index in [-0.39, 0.29) is 0 Å². The van der Waals surface area contributed by atoms with Crippen LogP contribution in [-0.4, -0.2) is 12.6 Å². The maximum atomic E-state index is 3.94. The molecule has 0 aliphatic heterocycles. The summed E-state index contributed by atoms with van der Waals surface area (Å²) in [4.78, 5) is 0. The van der Waals surface area contributed by atoms with Crippen molar-refractivity contribution in [2.24, 2.45) is 29.6 Å². The molecule has 3 atom stereocenters. The lowest BCUT2D eigenvalue weighted by molar-refractivity contribution is 0.166. The van der Waals surface area contributed by atoms with Gasteiger partial charge >= 0.3 is 0 Å². The van der Waals surface area contributed by atoms with E-state index in [1.54, 1.807) is 0 Å². The first-order chi connectivity index (χ1) is 9.56. The largest absolute Gasteiger partial charge is 0.314 e. The predicted molar refractivity (Wildman–Crippen MR) is 88.9 cm³/mol. The summed E-state index contributed by atoms with van der Waals surface area (Å²) in [5.41, 5.74) is 0. The summed E-state index contributed by atoms with van der Waals surface area (Å²) in [6, 6.07) is 0.793. The normalized spacial score (nSPS) is 39.1. The molecule has 2 rings (SSSR count). The second-order valence-electron chi connectivity index (χ2n) is 8.30. The molecule has 0 spiro atoms. The summed E-state index contributed by atoms with van der Waals surface area (Å²) in [7, 11) is 0. The van der Waals surface area contributed by atoms with Crippen molar-refractivity contribution in [1.82, 2.24) is 5.32 Å². The minimum absolute atomic E-state index is 0.793. The number of hydrogen-bond donors (Lipinski definition) is 1. The molecule has 0 amide bonds. The highest BCUT2D eigenvalue weighted by molar-refractivity contribution is 4.85. The maximum absolute atomic E-state index is 3.94. The van der Waals surface area contributed by atoms with E-state index in [1.165, 1.54) is 57.9 Å². The van der Waals surface area contributed by atoms with Crippen molar-refractivity contribution in [3.8, 4) is 0 Å². The van der Waals surface area contributed by atoms with Gasteiger partial charge in [0.05, 0.1) is 0 Å². The Morgan fingerprint density at radius 1 is 0.900 bits per heavy atom. The van der Waals surface area contributed by atoms with Gasteiger partial charge in [-0.05, 0) is 55.4 Å². The Hall–Kier alpha value is -0.0400. The van der Waals surface area contributed by atoms with Crippen LogP contribution < -0.4 is 5.32 Å². The summed E-state index contributed by atoms with van der Waals surface area (Å²) >= 11 is 0. The summed E-state index contributed by atoms with van der Waals surface area (Å²) in [6.45, 7) is 11.0. The van der Waals surface area contributed by atoms with Crippen molar-refractivity contribution in [3.05, 3.63) is 0 Å². The Labute approximate surface area is 127 Å². The molecule has 2 saturated carbocycles. The SMILES string of the molecule is CC1CCC(CCNC2CC(C)CCC2C(C)C)CC1. The van der Waals surface area contributed by atoms with Crippen molar-refractivity contribution in [2.45, 2.75) is 85.1 Å². The fourth-order valence-electron chi connectivity index (χ4n) is 4.53. The molecule has 0 aromatic rings. The Morgan fingerprint density at radius 2 is 1.55 bits per heavy atom. The zero-order valence-corrected chi connectivity index (χ0v) is 14.3. The van der Waals surface area contributed by atoms with Crippen LogP contribution in [0.3, 0.4) is 0 Å². The lowest BCUT2D eigenvalue weighted by Crippen LogP contribution is -2.43. The fraction of sp³-hybridized carbons (Fsp3) is 1.00. The van der Waals surface area contributed by atoms with E-state index in [9.17, 15) is 0 Å². The van der Waals surface area contributed by atoms with Gasteiger partial charge in [-0.3, -0.25) is 0 Å². The average Bonchev–Trinajstić information content (AvgIpc) is 2.41. The predicted octanol–water partition coefficient (Wildman–Crippen LogP) is 5.25.